The van der Waals surface area contributed by atoms with Crippen molar-refractivity contribution in [3.63, 3.8) is 0 Å². The second kappa shape index (κ2) is 5.85. The van der Waals surface area contributed by atoms with Gasteiger partial charge in [0.2, 0.25) is 0 Å². The summed E-state index contributed by atoms with van der Waals surface area (Å²) in [6.07, 6.45) is 1.76. The summed E-state index contributed by atoms with van der Waals surface area (Å²) in [4.78, 5) is 11.6. The van der Waals surface area contributed by atoms with E-state index in [0.717, 1.165) is 18.9 Å². The van der Waals surface area contributed by atoms with Gasteiger partial charge in [-0.15, -0.1) is 0 Å². The molecular formula is C12H14ClFO2. The van der Waals surface area contributed by atoms with Crippen molar-refractivity contribution in [2.24, 2.45) is 0 Å². The highest BCUT2D eigenvalue weighted by Gasteiger charge is 2.14. The lowest BCUT2D eigenvalue weighted by Crippen LogP contribution is -2.07. The van der Waals surface area contributed by atoms with Gasteiger partial charge in [0.05, 0.1) is 17.2 Å². The van der Waals surface area contributed by atoms with Gasteiger partial charge in [-0.3, -0.25) is 0 Å². The number of rotatable bonds is 4. The molecule has 0 atom stereocenters. The standard InChI is InChI=1S/C12H14ClFO2/c1-3-4-5-16-12(15)9-6-8(2)11(14)7-10(9)13/h6-7H,3-5H2,1-2H3. The Morgan fingerprint density at radius 1 is 1.50 bits per heavy atom. The van der Waals surface area contributed by atoms with Crippen LogP contribution in [0.4, 0.5) is 4.39 Å². The zero-order chi connectivity index (χ0) is 12.1. The fraction of sp³-hybridized carbons (Fsp3) is 0.417. The van der Waals surface area contributed by atoms with Crippen molar-refractivity contribution in [1.29, 1.82) is 0 Å². The molecule has 0 amide bonds. The van der Waals surface area contributed by atoms with Crippen LogP contribution >= 0.6 is 11.6 Å². The Balaban J connectivity index is 2.79. The summed E-state index contributed by atoms with van der Waals surface area (Å²) >= 11 is 5.77. The summed E-state index contributed by atoms with van der Waals surface area (Å²) in [6, 6.07) is 2.54. The third-order valence-electron chi connectivity index (χ3n) is 2.20. The fourth-order valence-corrected chi connectivity index (χ4v) is 1.43. The van der Waals surface area contributed by atoms with E-state index in [1.807, 2.05) is 6.92 Å². The number of aryl methyl sites for hydroxylation is 1. The molecule has 0 N–H and O–H groups in total. The summed E-state index contributed by atoms with van der Waals surface area (Å²) in [5.41, 5.74) is 0.600. The van der Waals surface area contributed by atoms with Gasteiger partial charge in [-0.1, -0.05) is 24.9 Å². The molecule has 0 saturated carbocycles. The molecule has 0 aliphatic heterocycles. The molecule has 1 rings (SSSR count). The molecule has 0 saturated heterocycles. The Kier molecular flexibility index (Phi) is 4.74. The van der Waals surface area contributed by atoms with Gasteiger partial charge < -0.3 is 4.74 Å². The van der Waals surface area contributed by atoms with Crippen molar-refractivity contribution >= 4 is 17.6 Å². The van der Waals surface area contributed by atoms with E-state index in [1.165, 1.54) is 6.07 Å². The molecule has 0 spiro atoms. The lowest BCUT2D eigenvalue weighted by Gasteiger charge is -2.07. The van der Waals surface area contributed by atoms with Crippen molar-refractivity contribution in [1.82, 2.24) is 0 Å². The third-order valence-corrected chi connectivity index (χ3v) is 2.51. The number of carbonyl (C=O) groups excluding carboxylic acids is 1. The molecule has 2 nitrogen and oxygen atoms in total. The van der Waals surface area contributed by atoms with Crippen molar-refractivity contribution < 1.29 is 13.9 Å². The smallest absolute Gasteiger partial charge is 0.339 e. The predicted molar refractivity (Wildman–Crippen MR) is 61.3 cm³/mol. The largest absolute Gasteiger partial charge is 0.462 e. The first-order valence-electron chi connectivity index (χ1n) is 5.19. The number of hydrogen-bond donors (Lipinski definition) is 0. The Bertz CT molecular complexity index is 391. The zero-order valence-electron chi connectivity index (χ0n) is 9.35. The molecule has 0 aliphatic carbocycles. The molecule has 88 valence electrons. The van der Waals surface area contributed by atoms with Gasteiger partial charge in [0.25, 0.3) is 0 Å². The van der Waals surface area contributed by atoms with Gasteiger partial charge >= 0.3 is 5.97 Å². The minimum Gasteiger partial charge on any atom is -0.462 e. The van der Waals surface area contributed by atoms with E-state index >= 15 is 0 Å². The summed E-state index contributed by atoms with van der Waals surface area (Å²) in [5.74, 6) is -0.920. The second-order valence-electron chi connectivity index (χ2n) is 3.57. The molecule has 0 radical (unpaired) electrons. The number of hydrogen-bond acceptors (Lipinski definition) is 2. The van der Waals surface area contributed by atoms with Crippen LogP contribution < -0.4 is 0 Å². The Hall–Kier alpha value is -1.09. The summed E-state index contributed by atoms with van der Waals surface area (Å²) in [5, 5.41) is 0.0876. The van der Waals surface area contributed by atoms with E-state index in [-0.39, 0.29) is 10.6 Å². The van der Waals surface area contributed by atoms with Gasteiger partial charge in [0, 0.05) is 0 Å². The third kappa shape index (κ3) is 3.20. The van der Waals surface area contributed by atoms with Crippen LogP contribution in [0.5, 0.6) is 0 Å². The number of esters is 1. The monoisotopic (exact) mass is 244 g/mol. The number of carbonyl (C=O) groups is 1. The molecule has 4 heteroatoms. The minimum absolute atomic E-state index is 0.0876. The van der Waals surface area contributed by atoms with Crippen molar-refractivity contribution in [3.8, 4) is 0 Å². The Morgan fingerprint density at radius 2 is 2.19 bits per heavy atom. The summed E-state index contributed by atoms with van der Waals surface area (Å²) < 4.78 is 18.1. The molecule has 0 heterocycles. The minimum atomic E-state index is -0.499. The van der Waals surface area contributed by atoms with Gasteiger partial charge in [0.1, 0.15) is 5.82 Å². The van der Waals surface area contributed by atoms with Crippen molar-refractivity contribution in [2.45, 2.75) is 26.7 Å². The van der Waals surface area contributed by atoms with Crippen LogP contribution in [0.15, 0.2) is 12.1 Å². The highest BCUT2D eigenvalue weighted by Crippen LogP contribution is 2.21. The maximum atomic E-state index is 13.1. The van der Waals surface area contributed by atoms with Crippen LogP contribution in [0.3, 0.4) is 0 Å². The first-order valence-corrected chi connectivity index (χ1v) is 5.56. The van der Waals surface area contributed by atoms with E-state index in [1.54, 1.807) is 6.92 Å². The maximum Gasteiger partial charge on any atom is 0.339 e. The van der Waals surface area contributed by atoms with E-state index in [9.17, 15) is 9.18 Å². The molecule has 16 heavy (non-hydrogen) atoms. The number of halogens is 2. The normalized spacial score (nSPS) is 10.2. The van der Waals surface area contributed by atoms with E-state index < -0.39 is 11.8 Å². The average molecular weight is 245 g/mol. The molecule has 1 aromatic carbocycles. The van der Waals surface area contributed by atoms with Crippen LogP contribution in [0.2, 0.25) is 5.02 Å². The molecular weight excluding hydrogens is 231 g/mol. The topological polar surface area (TPSA) is 26.3 Å². The highest BCUT2D eigenvalue weighted by molar-refractivity contribution is 6.33. The molecule has 0 fully saturated rings. The molecule has 0 aromatic heterocycles. The Labute approximate surface area is 99.4 Å². The van der Waals surface area contributed by atoms with Crippen LogP contribution in [0.1, 0.15) is 35.7 Å². The van der Waals surface area contributed by atoms with E-state index in [0.29, 0.717) is 12.2 Å². The van der Waals surface area contributed by atoms with E-state index in [4.69, 9.17) is 16.3 Å². The number of unbranched alkanes of at least 4 members (excludes halogenated alkanes) is 1. The van der Waals surface area contributed by atoms with Gasteiger partial charge in [-0.05, 0) is 31.0 Å². The van der Waals surface area contributed by atoms with Gasteiger partial charge in [0.15, 0.2) is 0 Å². The molecule has 1 aromatic rings. The SMILES string of the molecule is CCCCOC(=O)c1cc(C)c(F)cc1Cl. The summed E-state index contributed by atoms with van der Waals surface area (Å²) in [7, 11) is 0. The van der Waals surface area contributed by atoms with Crippen LogP contribution in [-0.4, -0.2) is 12.6 Å². The first kappa shape index (κ1) is 13.0. The van der Waals surface area contributed by atoms with Crippen LogP contribution in [0, 0.1) is 12.7 Å². The van der Waals surface area contributed by atoms with Gasteiger partial charge in [-0.2, -0.15) is 0 Å². The van der Waals surface area contributed by atoms with Crippen molar-refractivity contribution in [3.05, 3.63) is 34.1 Å². The summed E-state index contributed by atoms with van der Waals surface area (Å²) in [6.45, 7) is 3.94. The Morgan fingerprint density at radius 3 is 2.81 bits per heavy atom. The van der Waals surface area contributed by atoms with Crippen molar-refractivity contribution in [2.75, 3.05) is 6.61 Å². The second-order valence-corrected chi connectivity index (χ2v) is 3.98. The maximum absolute atomic E-state index is 13.1. The van der Waals surface area contributed by atoms with Gasteiger partial charge in [-0.25, -0.2) is 9.18 Å². The molecule has 0 bridgehead atoms. The molecule has 0 unspecified atom stereocenters. The molecule has 0 aliphatic rings. The fourth-order valence-electron chi connectivity index (χ4n) is 1.20. The predicted octanol–water partition coefficient (Wildman–Crippen LogP) is 3.74. The zero-order valence-corrected chi connectivity index (χ0v) is 10.1. The lowest BCUT2D eigenvalue weighted by molar-refractivity contribution is 0.0500. The quantitative estimate of drug-likeness (QED) is 0.596. The number of ether oxygens (including phenoxy) is 1. The van der Waals surface area contributed by atoms with Crippen LogP contribution in [-0.2, 0) is 4.74 Å². The van der Waals surface area contributed by atoms with E-state index in [2.05, 4.69) is 0 Å². The first-order chi connectivity index (χ1) is 7.56. The lowest BCUT2D eigenvalue weighted by atomic mass is 10.1. The average Bonchev–Trinajstić information content (AvgIpc) is 2.23. The number of benzene rings is 1. The highest BCUT2D eigenvalue weighted by atomic mass is 35.5. The van der Waals surface area contributed by atoms with Crippen LogP contribution in [0.25, 0.3) is 0 Å².